The molecular formula is C19H14F2N2O3. The van der Waals surface area contributed by atoms with Gasteiger partial charge in [0.2, 0.25) is 0 Å². The Balaban J connectivity index is 1.77. The van der Waals surface area contributed by atoms with E-state index in [-0.39, 0.29) is 17.9 Å². The summed E-state index contributed by atoms with van der Waals surface area (Å²) in [6, 6.07) is 14.7. The molecule has 1 N–H and O–H groups in total. The second-order valence-electron chi connectivity index (χ2n) is 5.39. The van der Waals surface area contributed by atoms with Crippen LogP contribution >= 0.6 is 0 Å². The average Bonchev–Trinajstić information content (AvgIpc) is 2.64. The van der Waals surface area contributed by atoms with Crippen LogP contribution in [0.3, 0.4) is 0 Å². The first-order valence-corrected chi connectivity index (χ1v) is 7.70. The zero-order valence-electron chi connectivity index (χ0n) is 13.5. The summed E-state index contributed by atoms with van der Waals surface area (Å²) in [6.45, 7) is 0.137. The second-order valence-corrected chi connectivity index (χ2v) is 5.39. The number of benzene rings is 2. The molecule has 7 heteroatoms. The zero-order chi connectivity index (χ0) is 18.5. The molecule has 0 atom stereocenters. The molecule has 0 saturated heterocycles. The van der Waals surface area contributed by atoms with E-state index in [1.807, 2.05) is 30.3 Å². The number of carbonyl (C=O) groups excluding carboxylic acids is 1. The molecule has 0 saturated carbocycles. The third-order valence-corrected chi connectivity index (χ3v) is 3.55. The van der Waals surface area contributed by atoms with Crippen molar-refractivity contribution >= 4 is 11.6 Å². The fourth-order valence-corrected chi connectivity index (χ4v) is 2.25. The minimum atomic E-state index is -0.935. The summed E-state index contributed by atoms with van der Waals surface area (Å²) in [5, 5.41) is 2.25. The minimum absolute atomic E-state index is 0.137. The van der Waals surface area contributed by atoms with Crippen molar-refractivity contribution in [2.75, 3.05) is 5.32 Å². The van der Waals surface area contributed by atoms with Crippen LogP contribution in [0, 0.1) is 11.6 Å². The van der Waals surface area contributed by atoms with Crippen molar-refractivity contribution in [3.8, 4) is 0 Å². The van der Waals surface area contributed by atoms with Crippen LogP contribution in [-0.2, 0) is 6.61 Å². The molecular weight excluding hydrogens is 342 g/mol. The number of pyridine rings is 1. The van der Waals surface area contributed by atoms with E-state index in [1.54, 1.807) is 0 Å². The Kier molecular flexibility index (Phi) is 5.07. The Morgan fingerprint density at radius 3 is 2.54 bits per heavy atom. The molecule has 1 heterocycles. The van der Waals surface area contributed by atoms with Crippen molar-refractivity contribution in [2.24, 2.45) is 0 Å². The molecule has 0 fully saturated rings. The van der Waals surface area contributed by atoms with Gasteiger partial charge in [-0.15, -0.1) is 0 Å². The number of carbonyl (C=O) groups is 1. The first-order chi connectivity index (χ1) is 12.5. The summed E-state index contributed by atoms with van der Waals surface area (Å²) in [7, 11) is 0. The monoisotopic (exact) mass is 356 g/mol. The highest BCUT2D eigenvalue weighted by Crippen LogP contribution is 2.15. The van der Waals surface area contributed by atoms with Gasteiger partial charge in [-0.05, 0) is 29.8 Å². The van der Waals surface area contributed by atoms with Crippen LogP contribution in [0.5, 0.6) is 0 Å². The molecule has 0 bridgehead atoms. The van der Waals surface area contributed by atoms with Gasteiger partial charge in [0.15, 0.2) is 0 Å². The van der Waals surface area contributed by atoms with Gasteiger partial charge in [0, 0.05) is 12.3 Å². The molecule has 0 aliphatic heterocycles. The van der Waals surface area contributed by atoms with Crippen molar-refractivity contribution in [1.29, 1.82) is 0 Å². The third-order valence-electron chi connectivity index (χ3n) is 3.55. The molecule has 3 rings (SSSR count). The molecule has 5 nitrogen and oxygen atoms in total. The van der Waals surface area contributed by atoms with Gasteiger partial charge < -0.3 is 10.2 Å². The maximum atomic E-state index is 13.7. The first kappa shape index (κ1) is 17.3. The molecule has 0 spiro atoms. The minimum Gasteiger partial charge on any atom is -0.406 e. The third kappa shape index (κ3) is 3.94. The first-order valence-electron chi connectivity index (χ1n) is 7.70. The Morgan fingerprint density at radius 1 is 1.04 bits per heavy atom. The Labute approximate surface area is 147 Å². The van der Waals surface area contributed by atoms with E-state index in [1.165, 1.54) is 18.3 Å². The molecule has 132 valence electrons. The summed E-state index contributed by atoms with van der Waals surface area (Å²) in [5.41, 5.74) is -0.299. The zero-order valence-corrected chi connectivity index (χ0v) is 13.5. The lowest BCUT2D eigenvalue weighted by Gasteiger charge is -2.10. The molecule has 0 radical (unpaired) electrons. The van der Waals surface area contributed by atoms with Crippen molar-refractivity contribution in [1.82, 2.24) is 4.73 Å². The lowest BCUT2D eigenvalue weighted by Crippen LogP contribution is -2.32. The lowest BCUT2D eigenvalue weighted by molar-refractivity contribution is 0.0863. The van der Waals surface area contributed by atoms with Crippen LogP contribution in [0.1, 0.15) is 15.9 Å². The second kappa shape index (κ2) is 7.60. The number of hydrogen-bond acceptors (Lipinski definition) is 3. The smallest absolute Gasteiger partial charge is 0.295 e. The molecule has 3 aromatic rings. The Morgan fingerprint density at radius 2 is 1.81 bits per heavy atom. The van der Waals surface area contributed by atoms with Gasteiger partial charge in [-0.3, -0.25) is 9.59 Å². The van der Waals surface area contributed by atoms with E-state index in [0.29, 0.717) is 6.07 Å². The fraction of sp³-hybridized carbons (Fsp3) is 0.0526. The number of anilines is 1. The van der Waals surface area contributed by atoms with E-state index < -0.39 is 23.1 Å². The van der Waals surface area contributed by atoms with Crippen molar-refractivity contribution in [2.45, 2.75) is 6.61 Å². The highest BCUT2D eigenvalue weighted by atomic mass is 19.1. The van der Waals surface area contributed by atoms with Gasteiger partial charge in [0.05, 0.1) is 5.69 Å². The molecule has 0 aliphatic carbocycles. The normalized spacial score (nSPS) is 10.4. The average molecular weight is 356 g/mol. The highest BCUT2D eigenvalue weighted by molar-refractivity contribution is 6.04. The number of nitrogens with one attached hydrogen (secondary N) is 1. The number of nitrogens with zero attached hydrogens (tertiary/aromatic N) is 1. The maximum Gasteiger partial charge on any atom is 0.295 e. The van der Waals surface area contributed by atoms with E-state index in [4.69, 9.17) is 4.84 Å². The number of aromatic nitrogens is 1. The van der Waals surface area contributed by atoms with Crippen LogP contribution in [0.2, 0.25) is 0 Å². The van der Waals surface area contributed by atoms with Crippen LogP contribution in [0.25, 0.3) is 0 Å². The van der Waals surface area contributed by atoms with Crippen molar-refractivity contribution < 1.29 is 18.4 Å². The Hall–Kier alpha value is -3.48. The Bertz CT molecular complexity index is 988. The van der Waals surface area contributed by atoms with Gasteiger partial charge in [0.1, 0.15) is 23.8 Å². The quantitative estimate of drug-likeness (QED) is 0.765. The number of rotatable bonds is 5. The van der Waals surface area contributed by atoms with Crippen LogP contribution in [-0.4, -0.2) is 10.6 Å². The van der Waals surface area contributed by atoms with Gasteiger partial charge in [-0.1, -0.05) is 30.3 Å². The van der Waals surface area contributed by atoms with Crippen LogP contribution < -0.4 is 15.7 Å². The summed E-state index contributed by atoms with van der Waals surface area (Å²) in [4.78, 5) is 30.0. The lowest BCUT2D eigenvalue weighted by atomic mass is 10.2. The van der Waals surface area contributed by atoms with Crippen LogP contribution in [0.15, 0.2) is 71.7 Å². The van der Waals surface area contributed by atoms with E-state index >= 15 is 0 Å². The van der Waals surface area contributed by atoms with E-state index in [9.17, 15) is 18.4 Å². The molecule has 0 unspecified atom stereocenters. The maximum absolute atomic E-state index is 13.7. The summed E-state index contributed by atoms with van der Waals surface area (Å²) in [5.74, 6) is -2.52. The molecule has 2 aromatic carbocycles. The summed E-state index contributed by atoms with van der Waals surface area (Å²) < 4.78 is 27.5. The molecule has 0 aliphatic rings. The fourth-order valence-electron chi connectivity index (χ4n) is 2.25. The molecule has 1 amide bonds. The predicted molar refractivity (Wildman–Crippen MR) is 91.7 cm³/mol. The van der Waals surface area contributed by atoms with Gasteiger partial charge in [-0.25, -0.2) is 8.78 Å². The van der Waals surface area contributed by atoms with Gasteiger partial charge in [0.25, 0.3) is 11.5 Å². The standard InChI is InChI=1S/C19H14F2N2O3/c20-14-8-9-17(16(21)11-14)22-18(24)15-7-4-10-23(19(15)25)26-12-13-5-2-1-3-6-13/h1-11H,12H2,(H,22,24). The van der Waals surface area contributed by atoms with E-state index in [0.717, 1.165) is 22.4 Å². The topological polar surface area (TPSA) is 60.3 Å². The summed E-state index contributed by atoms with van der Waals surface area (Å²) in [6.07, 6.45) is 1.38. The predicted octanol–water partition coefficient (Wildman–Crippen LogP) is 3.01. The van der Waals surface area contributed by atoms with Crippen LogP contribution in [0.4, 0.5) is 14.5 Å². The highest BCUT2D eigenvalue weighted by Gasteiger charge is 2.15. The SMILES string of the molecule is O=C(Nc1ccc(F)cc1F)c1cccn(OCc2ccccc2)c1=O. The molecule has 1 aromatic heterocycles. The molecule has 26 heavy (non-hydrogen) atoms. The number of halogens is 2. The number of hydrogen-bond donors (Lipinski definition) is 1. The van der Waals surface area contributed by atoms with Crippen molar-refractivity contribution in [3.63, 3.8) is 0 Å². The largest absolute Gasteiger partial charge is 0.406 e. The van der Waals surface area contributed by atoms with Gasteiger partial charge in [-0.2, -0.15) is 4.73 Å². The van der Waals surface area contributed by atoms with E-state index in [2.05, 4.69) is 5.32 Å². The van der Waals surface area contributed by atoms with Gasteiger partial charge >= 0.3 is 0 Å². The van der Waals surface area contributed by atoms with Crippen molar-refractivity contribution in [3.05, 3.63) is 100.0 Å². The summed E-state index contributed by atoms with van der Waals surface area (Å²) >= 11 is 0. The number of amides is 1.